The van der Waals surface area contributed by atoms with E-state index in [1.807, 2.05) is 35.1 Å². The van der Waals surface area contributed by atoms with Gasteiger partial charge in [-0.15, -0.1) is 0 Å². The quantitative estimate of drug-likeness (QED) is 0.694. The van der Waals surface area contributed by atoms with Crippen LogP contribution in [0, 0.1) is 0 Å². The first kappa shape index (κ1) is 22.1. The monoisotopic (exact) mass is 429 g/mol. The summed E-state index contributed by atoms with van der Waals surface area (Å²) >= 11 is 0. The van der Waals surface area contributed by atoms with Gasteiger partial charge in [-0.1, -0.05) is 0 Å². The number of benzene rings is 1. The molecule has 1 saturated heterocycles. The van der Waals surface area contributed by atoms with Crippen LogP contribution < -0.4 is 9.47 Å². The molecular formula is C24H35N3O4. The normalized spacial score (nSPS) is 23.7. The van der Waals surface area contributed by atoms with Gasteiger partial charge in [0.2, 0.25) is 0 Å². The zero-order valence-corrected chi connectivity index (χ0v) is 18.9. The number of aliphatic hydroxyl groups is 1. The Morgan fingerprint density at radius 1 is 1.10 bits per heavy atom. The molecule has 1 aliphatic carbocycles. The summed E-state index contributed by atoms with van der Waals surface area (Å²) in [5.74, 6) is 1.52. The molecule has 31 heavy (non-hydrogen) atoms. The van der Waals surface area contributed by atoms with Crippen molar-refractivity contribution >= 4 is 0 Å². The molecule has 1 aliphatic heterocycles. The Hall–Kier alpha value is -2.09. The van der Waals surface area contributed by atoms with E-state index in [1.54, 1.807) is 7.11 Å². The van der Waals surface area contributed by atoms with Crippen molar-refractivity contribution < 1.29 is 19.3 Å². The average molecular weight is 430 g/mol. The van der Waals surface area contributed by atoms with E-state index in [9.17, 15) is 5.11 Å². The molecule has 7 nitrogen and oxygen atoms in total. The molecule has 1 aromatic carbocycles. The van der Waals surface area contributed by atoms with Crippen LogP contribution in [0.15, 0.2) is 30.5 Å². The lowest BCUT2D eigenvalue weighted by Gasteiger charge is -2.36. The molecule has 0 bridgehead atoms. The number of hydrogen-bond donors (Lipinski definition) is 1. The Labute approximate surface area is 184 Å². The highest BCUT2D eigenvalue weighted by atomic mass is 16.5. The van der Waals surface area contributed by atoms with E-state index in [0.717, 1.165) is 48.7 Å². The molecule has 0 amide bonds. The topological polar surface area (TPSA) is 69.0 Å². The van der Waals surface area contributed by atoms with Crippen molar-refractivity contribution in [2.24, 2.45) is 0 Å². The van der Waals surface area contributed by atoms with Crippen molar-refractivity contribution in [3.8, 4) is 22.8 Å². The third-order valence-electron chi connectivity index (χ3n) is 6.06. The van der Waals surface area contributed by atoms with Gasteiger partial charge in [0.05, 0.1) is 43.8 Å². The number of nitrogens with zero attached hydrogens (tertiary/aromatic N) is 3. The van der Waals surface area contributed by atoms with E-state index in [0.29, 0.717) is 13.1 Å². The standard InChI is InChI=1S/C24H35N3O4/c1-17-13-26(14-18(2)30-17)15-20(28)16-27-11-10-22(25-27)19-8-9-23(29-3)24(12-19)31-21-6-4-5-7-21/h8-12,17-18,20-21,28H,4-7,13-16H2,1-3H3. The molecule has 1 saturated carbocycles. The van der Waals surface area contributed by atoms with Crippen LogP contribution >= 0.6 is 0 Å². The Balaban J connectivity index is 1.39. The number of ether oxygens (including phenoxy) is 3. The van der Waals surface area contributed by atoms with Crippen molar-refractivity contribution in [1.29, 1.82) is 0 Å². The zero-order chi connectivity index (χ0) is 21.8. The number of rotatable bonds is 8. The molecular weight excluding hydrogens is 394 g/mol. The first-order valence-electron chi connectivity index (χ1n) is 11.4. The third-order valence-corrected chi connectivity index (χ3v) is 6.06. The number of hydrogen-bond acceptors (Lipinski definition) is 6. The van der Waals surface area contributed by atoms with Crippen molar-refractivity contribution in [1.82, 2.24) is 14.7 Å². The highest BCUT2D eigenvalue weighted by Gasteiger charge is 2.24. The first-order valence-corrected chi connectivity index (χ1v) is 11.4. The Morgan fingerprint density at radius 2 is 1.84 bits per heavy atom. The maximum Gasteiger partial charge on any atom is 0.162 e. The highest BCUT2D eigenvalue weighted by molar-refractivity contribution is 5.63. The van der Waals surface area contributed by atoms with Crippen LogP contribution in [0.3, 0.4) is 0 Å². The fourth-order valence-electron chi connectivity index (χ4n) is 4.74. The predicted molar refractivity (Wildman–Crippen MR) is 120 cm³/mol. The first-order chi connectivity index (χ1) is 15.0. The smallest absolute Gasteiger partial charge is 0.162 e. The van der Waals surface area contributed by atoms with E-state index >= 15 is 0 Å². The van der Waals surface area contributed by atoms with Gasteiger partial charge < -0.3 is 19.3 Å². The second-order valence-electron chi connectivity index (χ2n) is 8.94. The number of aliphatic hydroxyl groups excluding tert-OH is 1. The largest absolute Gasteiger partial charge is 0.493 e. The summed E-state index contributed by atoms with van der Waals surface area (Å²) in [6, 6.07) is 7.93. The van der Waals surface area contributed by atoms with Crippen molar-refractivity contribution in [2.75, 3.05) is 26.7 Å². The Kier molecular flexibility index (Phi) is 7.15. The summed E-state index contributed by atoms with van der Waals surface area (Å²) in [6.07, 6.45) is 6.74. The van der Waals surface area contributed by atoms with Crippen LogP contribution in [-0.2, 0) is 11.3 Å². The molecule has 0 radical (unpaired) electrons. The molecule has 3 unspecified atom stereocenters. The maximum absolute atomic E-state index is 10.6. The van der Waals surface area contributed by atoms with Crippen molar-refractivity contribution in [3.05, 3.63) is 30.5 Å². The Bertz CT molecular complexity index is 839. The van der Waals surface area contributed by atoms with Gasteiger partial charge in [0.25, 0.3) is 0 Å². The Morgan fingerprint density at radius 3 is 2.55 bits per heavy atom. The fraction of sp³-hybridized carbons (Fsp3) is 0.625. The zero-order valence-electron chi connectivity index (χ0n) is 18.9. The molecule has 0 spiro atoms. The summed E-state index contributed by atoms with van der Waals surface area (Å²) < 4.78 is 19.3. The van der Waals surface area contributed by atoms with Gasteiger partial charge in [-0.2, -0.15) is 5.10 Å². The number of morpholine rings is 1. The third kappa shape index (κ3) is 5.79. The van der Waals surface area contributed by atoms with E-state index in [-0.39, 0.29) is 18.3 Å². The second-order valence-corrected chi connectivity index (χ2v) is 8.94. The summed E-state index contributed by atoms with van der Waals surface area (Å²) in [7, 11) is 1.67. The van der Waals surface area contributed by atoms with Gasteiger partial charge in [0.1, 0.15) is 0 Å². The average Bonchev–Trinajstić information content (AvgIpc) is 3.39. The molecule has 170 valence electrons. The van der Waals surface area contributed by atoms with Gasteiger partial charge in [-0.25, -0.2) is 0 Å². The van der Waals surface area contributed by atoms with Crippen molar-refractivity contribution in [3.63, 3.8) is 0 Å². The molecule has 3 atom stereocenters. The maximum atomic E-state index is 10.6. The summed E-state index contributed by atoms with van der Waals surface area (Å²) in [5, 5.41) is 15.3. The van der Waals surface area contributed by atoms with Crippen LogP contribution in [0.25, 0.3) is 11.3 Å². The minimum atomic E-state index is -0.484. The van der Waals surface area contributed by atoms with Gasteiger partial charge >= 0.3 is 0 Å². The predicted octanol–water partition coefficient (Wildman–Crippen LogP) is 3.35. The molecule has 7 heteroatoms. The minimum absolute atomic E-state index is 0.197. The summed E-state index contributed by atoms with van der Waals surface area (Å²) in [4.78, 5) is 2.27. The highest BCUT2D eigenvalue weighted by Crippen LogP contribution is 2.35. The molecule has 4 rings (SSSR count). The van der Waals surface area contributed by atoms with Gasteiger partial charge in [0, 0.05) is 31.4 Å². The molecule has 2 aromatic rings. The lowest BCUT2D eigenvalue weighted by molar-refractivity contribution is -0.0774. The lowest BCUT2D eigenvalue weighted by atomic mass is 10.1. The minimum Gasteiger partial charge on any atom is -0.493 e. The van der Waals surface area contributed by atoms with Crippen LogP contribution in [-0.4, -0.2) is 70.9 Å². The molecule has 2 heterocycles. The van der Waals surface area contributed by atoms with Crippen LogP contribution in [0.5, 0.6) is 11.5 Å². The van der Waals surface area contributed by atoms with E-state index in [1.165, 1.54) is 12.8 Å². The number of methoxy groups -OCH3 is 1. The number of aromatic nitrogens is 2. The molecule has 2 aliphatic rings. The lowest BCUT2D eigenvalue weighted by Crippen LogP contribution is -2.48. The van der Waals surface area contributed by atoms with Crippen LogP contribution in [0.4, 0.5) is 0 Å². The van der Waals surface area contributed by atoms with E-state index in [2.05, 4.69) is 23.8 Å². The van der Waals surface area contributed by atoms with Gasteiger partial charge in [-0.05, 0) is 63.8 Å². The number of β-amino-alcohol motifs (C(OH)–C–C–N with tert-alkyl or cyclic N) is 1. The van der Waals surface area contributed by atoms with Crippen molar-refractivity contribution in [2.45, 2.75) is 70.5 Å². The van der Waals surface area contributed by atoms with Crippen LogP contribution in [0.1, 0.15) is 39.5 Å². The molecule has 1 aromatic heterocycles. The molecule has 1 N–H and O–H groups in total. The van der Waals surface area contributed by atoms with Gasteiger partial charge in [-0.3, -0.25) is 9.58 Å². The summed E-state index contributed by atoms with van der Waals surface area (Å²) in [6.45, 7) is 6.93. The second kappa shape index (κ2) is 10.0. The molecule has 2 fully saturated rings. The van der Waals surface area contributed by atoms with Gasteiger partial charge in [0.15, 0.2) is 11.5 Å². The fourth-order valence-corrected chi connectivity index (χ4v) is 4.74. The summed E-state index contributed by atoms with van der Waals surface area (Å²) in [5.41, 5.74) is 1.85. The van der Waals surface area contributed by atoms with E-state index < -0.39 is 6.10 Å². The van der Waals surface area contributed by atoms with E-state index in [4.69, 9.17) is 14.2 Å². The SMILES string of the molecule is COc1ccc(-c2ccn(CC(O)CN3CC(C)OC(C)C3)n2)cc1OC1CCCC1. The van der Waals surface area contributed by atoms with Crippen LogP contribution in [0.2, 0.25) is 0 Å².